The summed E-state index contributed by atoms with van der Waals surface area (Å²) in [5.74, 6) is -0.125. The molecule has 3 aromatic heterocycles. The zero-order valence-electron chi connectivity index (χ0n) is 14.5. The van der Waals surface area contributed by atoms with Gasteiger partial charge in [0.2, 0.25) is 10.9 Å². The van der Waals surface area contributed by atoms with Crippen LogP contribution in [0.15, 0.2) is 45.8 Å². The van der Waals surface area contributed by atoms with Gasteiger partial charge in [-0.3, -0.25) is 14.3 Å². The monoisotopic (exact) mass is 401 g/mol. The Morgan fingerprint density at radius 1 is 1.30 bits per heavy atom. The van der Waals surface area contributed by atoms with Crippen LogP contribution in [0.25, 0.3) is 10.6 Å². The number of hydrogen-bond donors (Lipinski definition) is 1. The first-order valence-corrected chi connectivity index (χ1v) is 9.78. The number of nitrogens with one attached hydrogen (secondary N) is 1. The topological polar surface area (TPSA) is 99.1 Å². The van der Waals surface area contributed by atoms with E-state index in [9.17, 15) is 9.59 Å². The number of fused-ring (bicyclic) bond motifs is 1. The molecule has 0 spiro atoms. The quantitative estimate of drug-likeness (QED) is 0.511. The smallest absolute Gasteiger partial charge is 0.295 e. The van der Waals surface area contributed by atoms with Crippen molar-refractivity contribution >= 4 is 39.7 Å². The fraction of sp³-hybridized carbons (Fsp3) is 0.188. The van der Waals surface area contributed by atoms with Gasteiger partial charge in [-0.15, -0.1) is 15.3 Å². The van der Waals surface area contributed by atoms with Crippen molar-refractivity contribution < 1.29 is 4.79 Å². The SMILES string of the molecule is Cc1c(NC(=O)CSc2nn3cnnc3s2)c(=O)n(-c2ccccc2)n1C. The lowest BCUT2D eigenvalue weighted by molar-refractivity contribution is -0.113. The molecule has 3 heterocycles. The highest BCUT2D eigenvalue weighted by molar-refractivity contribution is 8.01. The molecule has 0 aliphatic rings. The van der Waals surface area contributed by atoms with Gasteiger partial charge in [0.05, 0.1) is 17.1 Å². The number of nitrogens with zero attached hydrogens (tertiary/aromatic N) is 6. The average molecular weight is 401 g/mol. The van der Waals surface area contributed by atoms with Crippen molar-refractivity contribution in [3.05, 3.63) is 52.7 Å². The van der Waals surface area contributed by atoms with Crippen LogP contribution in [0.3, 0.4) is 0 Å². The largest absolute Gasteiger partial charge is 0.319 e. The highest BCUT2D eigenvalue weighted by Crippen LogP contribution is 2.23. The van der Waals surface area contributed by atoms with E-state index < -0.39 is 0 Å². The number of aromatic nitrogens is 6. The van der Waals surface area contributed by atoms with Gasteiger partial charge in [-0.05, 0) is 19.1 Å². The number of carbonyl (C=O) groups is 1. The van der Waals surface area contributed by atoms with Gasteiger partial charge in [-0.25, -0.2) is 4.68 Å². The van der Waals surface area contributed by atoms with Crippen molar-refractivity contribution in [3.63, 3.8) is 0 Å². The Morgan fingerprint density at radius 3 is 2.81 bits per heavy atom. The van der Waals surface area contributed by atoms with Crippen LogP contribution in [0.2, 0.25) is 0 Å². The van der Waals surface area contributed by atoms with Gasteiger partial charge in [0.1, 0.15) is 12.0 Å². The van der Waals surface area contributed by atoms with Gasteiger partial charge in [-0.1, -0.05) is 41.3 Å². The molecule has 27 heavy (non-hydrogen) atoms. The lowest BCUT2D eigenvalue weighted by Crippen LogP contribution is -2.23. The first kappa shape index (κ1) is 17.5. The van der Waals surface area contributed by atoms with Crippen molar-refractivity contribution in [1.82, 2.24) is 29.2 Å². The Balaban J connectivity index is 1.51. The first-order chi connectivity index (χ1) is 13.0. The lowest BCUT2D eigenvalue weighted by Gasteiger charge is -2.07. The van der Waals surface area contributed by atoms with Crippen LogP contribution in [0.5, 0.6) is 0 Å². The highest BCUT2D eigenvalue weighted by Gasteiger charge is 2.18. The van der Waals surface area contributed by atoms with Gasteiger partial charge >= 0.3 is 0 Å². The van der Waals surface area contributed by atoms with E-state index in [1.54, 1.807) is 23.2 Å². The molecule has 138 valence electrons. The second kappa shape index (κ2) is 7.00. The van der Waals surface area contributed by atoms with Crippen LogP contribution < -0.4 is 10.9 Å². The fourth-order valence-corrected chi connectivity index (χ4v) is 4.28. The Labute approximate surface area is 161 Å². The second-order valence-corrected chi connectivity index (χ2v) is 7.88. The fourth-order valence-electron chi connectivity index (χ4n) is 2.61. The number of para-hydroxylation sites is 1. The molecule has 0 atom stereocenters. The number of anilines is 1. The van der Waals surface area contributed by atoms with E-state index in [1.807, 2.05) is 30.3 Å². The zero-order valence-corrected chi connectivity index (χ0v) is 16.1. The van der Waals surface area contributed by atoms with Crippen LogP contribution in [-0.2, 0) is 11.8 Å². The van der Waals surface area contributed by atoms with Crippen LogP contribution in [0, 0.1) is 6.92 Å². The summed E-state index contributed by atoms with van der Waals surface area (Å²) in [5.41, 5.74) is 1.44. The van der Waals surface area contributed by atoms with Crippen molar-refractivity contribution in [3.8, 4) is 5.69 Å². The maximum Gasteiger partial charge on any atom is 0.295 e. The number of hydrogen-bond acceptors (Lipinski definition) is 7. The molecule has 0 unspecified atom stereocenters. The van der Waals surface area contributed by atoms with E-state index >= 15 is 0 Å². The number of benzene rings is 1. The minimum Gasteiger partial charge on any atom is -0.319 e. The minimum atomic E-state index is -0.267. The molecule has 4 rings (SSSR count). The maximum absolute atomic E-state index is 12.8. The Kier molecular flexibility index (Phi) is 4.54. The molecule has 0 aliphatic heterocycles. The highest BCUT2D eigenvalue weighted by atomic mass is 32.2. The summed E-state index contributed by atoms with van der Waals surface area (Å²) in [6, 6.07) is 9.29. The van der Waals surface area contributed by atoms with E-state index in [-0.39, 0.29) is 22.9 Å². The molecule has 9 nitrogen and oxygen atoms in total. The molecule has 1 N–H and O–H groups in total. The van der Waals surface area contributed by atoms with E-state index in [0.717, 1.165) is 5.69 Å². The van der Waals surface area contributed by atoms with E-state index in [0.29, 0.717) is 15.0 Å². The number of thioether (sulfide) groups is 1. The minimum absolute atomic E-state index is 0.142. The third-order valence-electron chi connectivity index (χ3n) is 4.01. The molecular weight excluding hydrogens is 386 g/mol. The van der Waals surface area contributed by atoms with Crippen LogP contribution in [0.1, 0.15) is 5.69 Å². The van der Waals surface area contributed by atoms with Gasteiger partial charge in [-0.2, -0.15) is 4.52 Å². The second-order valence-electron chi connectivity index (χ2n) is 5.70. The number of rotatable bonds is 5. The Hall–Kier alpha value is -2.92. The Morgan fingerprint density at radius 2 is 2.07 bits per heavy atom. The van der Waals surface area contributed by atoms with Crippen molar-refractivity contribution in [2.75, 3.05) is 11.1 Å². The average Bonchev–Trinajstić information content (AvgIpc) is 3.31. The first-order valence-electron chi connectivity index (χ1n) is 7.98. The zero-order chi connectivity index (χ0) is 19.0. The standard InChI is InChI=1S/C16H15N7O2S2/c1-10-13(14(25)23(21(10)2)11-6-4-3-5-7-11)18-12(24)8-26-16-20-22-9-17-19-15(22)27-16/h3-7,9H,8H2,1-2H3,(H,18,24). The maximum atomic E-state index is 12.8. The number of amides is 1. The molecule has 4 aromatic rings. The normalized spacial score (nSPS) is 11.2. The Bertz CT molecular complexity index is 1140. The third kappa shape index (κ3) is 3.26. The predicted molar refractivity (Wildman–Crippen MR) is 104 cm³/mol. The van der Waals surface area contributed by atoms with Gasteiger partial charge in [0.25, 0.3) is 5.56 Å². The molecule has 11 heteroatoms. The van der Waals surface area contributed by atoms with Gasteiger partial charge in [0.15, 0.2) is 4.34 Å². The summed E-state index contributed by atoms with van der Waals surface area (Å²) >= 11 is 2.64. The van der Waals surface area contributed by atoms with Crippen molar-refractivity contribution in [2.45, 2.75) is 11.3 Å². The molecule has 1 aromatic carbocycles. The summed E-state index contributed by atoms with van der Waals surface area (Å²) in [5, 5.41) is 14.7. The van der Waals surface area contributed by atoms with E-state index in [1.165, 1.54) is 34.1 Å². The number of carbonyl (C=O) groups excluding carboxylic acids is 1. The van der Waals surface area contributed by atoms with Gasteiger partial charge < -0.3 is 5.32 Å². The summed E-state index contributed by atoms with van der Waals surface area (Å²) in [6.45, 7) is 1.80. The summed E-state index contributed by atoms with van der Waals surface area (Å²) in [6.07, 6.45) is 1.51. The van der Waals surface area contributed by atoms with Crippen molar-refractivity contribution in [1.29, 1.82) is 0 Å². The lowest BCUT2D eigenvalue weighted by atomic mass is 10.3. The summed E-state index contributed by atoms with van der Waals surface area (Å²) in [7, 11) is 1.79. The summed E-state index contributed by atoms with van der Waals surface area (Å²) in [4.78, 5) is 25.8. The molecule has 0 bridgehead atoms. The summed E-state index contributed by atoms with van der Waals surface area (Å²) < 4.78 is 5.52. The molecular formula is C16H15N7O2S2. The van der Waals surface area contributed by atoms with Gasteiger partial charge in [0, 0.05) is 7.05 Å². The van der Waals surface area contributed by atoms with E-state index in [4.69, 9.17) is 0 Å². The van der Waals surface area contributed by atoms with Crippen LogP contribution in [0.4, 0.5) is 5.69 Å². The van der Waals surface area contributed by atoms with Crippen molar-refractivity contribution in [2.24, 2.45) is 7.05 Å². The molecule has 0 saturated carbocycles. The molecule has 1 amide bonds. The molecule has 0 saturated heterocycles. The van der Waals surface area contributed by atoms with Crippen LogP contribution in [-0.4, -0.2) is 40.8 Å². The molecule has 0 radical (unpaired) electrons. The third-order valence-corrected chi connectivity index (χ3v) is 6.06. The predicted octanol–water partition coefficient (Wildman–Crippen LogP) is 1.71. The molecule has 0 aliphatic carbocycles. The van der Waals surface area contributed by atoms with E-state index in [2.05, 4.69) is 20.6 Å². The molecule has 0 fully saturated rings. The van der Waals surface area contributed by atoms with Crippen LogP contribution >= 0.6 is 23.1 Å².